The Morgan fingerprint density at radius 1 is 1.11 bits per heavy atom. The zero-order valence-electron chi connectivity index (χ0n) is 20.0. The molecule has 184 valence electrons. The number of thiophene rings is 1. The summed E-state index contributed by atoms with van der Waals surface area (Å²) < 4.78 is 47.8. The Bertz CT molecular complexity index is 1570. The van der Waals surface area contributed by atoms with Gasteiger partial charge in [0, 0.05) is 22.3 Å². The van der Waals surface area contributed by atoms with Crippen LogP contribution in [0.4, 0.5) is 13.2 Å². The molecule has 0 amide bonds. The van der Waals surface area contributed by atoms with Gasteiger partial charge in [-0.1, -0.05) is 59.2 Å². The first-order chi connectivity index (χ1) is 17.2. The second-order valence-electron chi connectivity index (χ2n) is 7.65. The van der Waals surface area contributed by atoms with Crippen molar-refractivity contribution in [1.82, 2.24) is 19.9 Å². The topological polar surface area (TPSA) is 94.0 Å². The van der Waals surface area contributed by atoms with E-state index >= 15 is 0 Å². The fourth-order valence-corrected chi connectivity index (χ4v) is 4.74. The molecular weight excluding hydrogens is 540 g/mol. The number of nitrogens with zero attached hydrogens (tertiary/aromatic N) is 4. The van der Waals surface area contributed by atoms with E-state index in [-0.39, 0.29) is 65.4 Å². The molecule has 0 aliphatic heterocycles. The van der Waals surface area contributed by atoms with Crippen LogP contribution < -0.4 is 29.6 Å². The summed E-state index contributed by atoms with van der Waals surface area (Å²) >= 11 is 6.93. The number of hydrogen-bond donors (Lipinski definition) is 1. The maximum absolute atomic E-state index is 13.7. The Morgan fingerprint density at radius 3 is 2.51 bits per heavy atom. The van der Waals surface area contributed by atoms with Gasteiger partial charge in [0.15, 0.2) is 5.69 Å². The fraction of sp³-hybridized carbons (Fsp3) is 0.0833. The minimum atomic E-state index is -4.54. The van der Waals surface area contributed by atoms with Crippen LogP contribution in [0.3, 0.4) is 0 Å². The van der Waals surface area contributed by atoms with Crippen LogP contribution in [0, 0.1) is 0 Å². The molecule has 0 aliphatic carbocycles. The number of benzene rings is 2. The van der Waals surface area contributed by atoms with Crippen LogP contribution in [0.25, 0.3) is 33.3 Å². The molecule has 3 aromatic heterocycles. The van der Waals surface area contributed by atoms with Crippen LogP contribution in [0.5, 0.6) is 0 Å². The van der Waals surface area contributed by atoms with Crippen molar-refractivity contribution in [2.45, 2.75) is 12.7 Å². The molecule has 1 N–H and O–H groups in total. The van der Waals surface area contributed by atoms with Gasteiger partial charge in [0.25, 0.3) is 5.89 Å². The smallest absolute Gasteiger partial charge is 1.00 e. The van der Waals surface area contributed by atoms with Gasteiger partial charge in [-0.3, -0.25) is 4.68 Å². The van der Waals surface area contributed by atoms with Crippen molar-refractivity contribution in [3.63, 3.8) is 0 Å². The number of aromatic carboxylic acids is 1. The van der Waals surface area contributed by atoms with E-state index in [1.807, 2.05) is 0 Å². The molecule has 0 spiro atoms. The van der Waals surface area contributed by atoms with Gasteiger partial charge in [-0.15, -0.1) is 11.3 Å². The molecule has 0 unspecified atom stereocenters. The van der Waals surface area contributed by atoms with Gasteiger partial charge in [0.05, 0.1) is 11.4 Å². The van der Waals surface area contributed by atoms with E-state index < -0.39 is 17.0 Å². The number of aromatic nitrogens is 4. The molecule has 5 rings (SSSR count). The minimum absolute atomic E-state index is 0. The van der Waals surface area contributed by atoms with Crippen LogP contribution in [-0.2, 0) is 12.7 Å². The minimum Gasteiger partial charge on any atom is -1.00 e. The largest absolute Gasteiger partial charge is 1.00 e. The number of rotatable bonds is 6. The molecule has 2 aromatic carbocycles. The summed E-state index contributed by atoms with van der Waals surface area (Å²) in [4.78, 5) is 14.7. The standard InChI is InChI=1S/C24H14ClF3N4O3S.Na.H/c25-17-10-14(6-7-15(17)12-32-9-8-18(30-32)23(33)34)21-29-22(35-31-21)19-11-16(13-4-2-1-3-5-13)20(36-19)24(26,27)28;;/h1-11H,12H2,(H,33,34);;/q;+1;-1. The maximum atomic E-state index is 13.7. The van der Waals surface area contributed by atoms with Crippen molar-refractivity contribution in [2.24, 2.45) is 0 Å². The Balaban J connectivity index is 0.00000200. The summed E-state index contributed by atoms with van der Waals surface area (Å²) in [6.45, 7) is 0.238. The summed E-state index contributed by atoms with van der Waals surface area (Å²) in [5.74, 6) is -1.01. The van der Waals surface area contributed by atoms with Gasteiger partial charge in [-0.2, -0.15) is 23.3 Å². The average molecular weight is 555 g/mol. The first kappa shape index (κ1) is 27.1. The molecule has 5 aromatic rings. The van der Waals surface area contributed by atoms with E-state index in [9.17, 15) is 18.0 Å². The van der Waals surface area contributed by atoms with Crippen LogP contribution >= 0.6 is 22.9 Å². The molecule has 37 heavy (non-hydrogen) atoms. The van der Waals surface area contributed by atoms with Crippen molar-refractivity contribution in [1.29, 1.82) is 0 Å². The molecule has 13 heteroatoms. The molecule has 0 radical (unpaired) electrons. The van der Waals surface area contributed by atoms with Crippen molar-refractivity contribution in [2.75, 3.05) is 0 Å². The second kappa shape index (κ2) is 10.8. The monoisotopic (exact) mass is 554 g/mol. The molecule has 0 atom stereocenters. The van der Waals surface area contributed by atoms with Crippen LogP contribution in [0.15, 0.2) is 71.4 Å². The van der Waals surface area contributed by atoms with Crippen molar-refractivity contribution < 1.29 is 58.6 Å². The van der Waals surface area contributed by atoms with E-state index in [1.54, 1.807) is 48.5 Å². The van der Waals surface area contributed by atoms with Gasteiger partial charge in [0.2, 0.25) is 5.82 Å². The first-order valence-electron chi connectivity index (χ1n) is 10.3. The maximum Gasteiger partial charge on any atom is 1.00 e. The van der Waals surface area contributed by atoms with Gasteiger partial charge >= 0.3 is 41.7 Å². The Kier molecular flexibility index (Phi) is 7.91. The first-order valence-corrected chi connectivity index (χ1v) is 11.5. The predicted octanol–water partition coefficient (Wildman–Crippen LogP) is 3.86. The predicted molar refractivity (Wildman–Crippen MR) is 128 cm³/mol. The van der Waals surface area contributed by atoms with Gasteiger partial charge < -0.3 is 11.1 Å². The van der Waals surface area contributed by atoms with Crippen LogP contribution in [0.2, 0.25) is 5.02 Å². The van der Waals surface area contributed by atoms with Crippen molar-refractivity contribution in [3.8, 4) is 33.3 Å². The third-order valence-electron chi connectivity index (χ3n) is 5.21. The summed E-state index contributed by atoms with van der Waals surface area (Å²) in [6, 6.07) is 16.0. The normalized spacial score (nSPS) is 11.4. The van der Waals surface area contributed by atoms with E-state index in [4.69, 9.17) is 21.2 Å². The number of hydrogen-bond acceptors (Lipinski definition) is 6. The molecule has 7 nitrogen and oxygen atoms in total. The van der Waals surface area contributed by atoms with E-state index in [0.717, 1.165) is 0 Å². The number of halogens is 4. The molecule has 3 heterocycles. The second-order valence-corrected chi connectivity index (χ2v) is 9.11. The molecule has 0 saturated carbocycles. The van der Waals surface area contributed by atoms with Gasteiger partial charge in [-0.25, -0.2) is 4.79 Å². The van der Waals surface area contributed by atoms with E-state index in [1.165, 1.54) is 23.0 Å². The molecule has 0 saturated heterocycles. The summed E-state index contributed by atoms with van der Waals surface area (Å²) in [5, 5.41) is 17.2. The van der Waals surface area contributed by atoms with Crippen molar-refractivity contribution in [3.05, 3.63) is 88.0 Å². The number of alkyl halides is 3. The molecule has 0 bridgehead atoms. The number of carboxylic acid groups (broad SMARTS) is 1. The van der Waals surface area contributed by atoms with Crippen LogP contribution in [0.1, 0.15) is 22.4 Å². The molecular formula is C24H15ClF3N4NaO3S. The van der Waals surface area contributed by atoms with Crippen molar-refractivity contribution >= 4 is 28.9 Å². The Morgan fingerprint density at radius 2 is 1.86 bits per heavy atom. The van der Waals surface area contributed by atoms with Gasteiger partial charge in [0.1, 0.15) is 4.88 Å². The zero-order chi connectivity index (χ0) is 25.4. The average Bonchev–Trinajstić information content (AvgIpc) is 3.60. The summed E-state index contributed by atoms with van der Waals surface area (Å²) in [5.41, 5.74) is 1.56. The van der Waals surface area contributed by atoms with Gasteiger partial charge in [-0.05, 0) is 29.3 Å². The SMILES string of the molecule is O=C(O)c1ccn(Cc2ccc(-c3noc(-c4cc(-c5ccccc5)c(C(F)(F)F)s4)n3)cc2Cl)n1.[H-].[Na+]. The fourth-order valence-electron chi connectivity index (χ4n) is 3.53. The number of carbonyl (C=O) groups is 1. The Labute approximate surface area is 240 Å². The third kappa shape index (κ3) is 5.81. The molecule has 0 fully saturated rings. The van der Waals surface area contributed by atoms with E-state index in [2.05, 4.69) is 15.2 Å². The van der Waals surface area contributed by atoms with Crippen LogP contribution in [-0.4, -0.2) is 31.0 Å². The quantitative estimate of drug-likeness (QED) is 0.320. The van der Waals surface area contributed by atoms with E-state index in [0.29, 0.717) is 33.0 Å². The molecule has 0 aliphatic rings. The number of carboxylic acids is 1. The summed E-state index contributed by atoms with van der Waals surface area (Å²) in [6.07, 6.45) is -3.01. The third-order valence-corrected chi connectivity index (χ3v) is 6.73. The Hall–Kier alpha value is -2.96. The zero-order valence-corrected chi connectivity index (χ0v) is 22.6. The summed E-state index contributed by atoms with van der Waals surface area (Å²) in [7, 11) is 0.